The maximum absolute atomic E-state index is 4.99. The average molecular weight is 342 g/mol. The van der Waals surface area contributed by atoms with Gasteiger partial charge in [-0.25, -0.2) is 0 Å². The molecule has 0 aliphatic carbocycles. The van der Waals surface area contributed by atoms with Crippen molar-refractivity contribution in [3.8, 4) is 0 Å². The Bertz CT molecular complexity index is 84.8. The van der Waals surface area contributed by atoms with Crippen LogP contribution in [0.4, 0.5) is 0 Å². The van der Waals surface area contributed by atoms with Gasteiger partial charge in [0.15, 0.2) is 0 Å². The zero-order valence-electron chi connectivity index (χ0n) is 10.00. The van der Waals surface area contributed by atoms with Crippen LogP contribution in [0.25, 0.3) is 0 Å². The Morgan fingerprint density at radius 2 is 0.714 bits per heavy atom. The monoisotopic (exact) mass is 340 g/mol. The first kappa shape index (κ1) is 21.0. The van der Waals surface area contributed by atoms with Crippen molar-refractivity contribution in [3.63, 3.8) is 0 Å². The summed E-state index contributed by atoms with van der Waals surface area (Å²) in [6.45, 7) is 20.0. The minimum atomic E-state index is -2.03. The van der Waals surface area contributed by atoms with E-state index in [0.29, 0.717) is 0 Å². The zero-order valence-corrected chi connectivity index (χ0v) is 14.5. The van der Waals surface area contributed by atoms with Gasteiger partial charge in [0, 0.05) is 0 Å². The summed E-state index contributed by atoms with van der Waals surface area (Å²) >= 11 is -2.03. The van der Waals surface area contributed by atoms with Crippen molar-refractivity contribution < 1.29 is 15.2 Å². The summed E-state index contributed by atoms with van der Waals surface area (Å²) in [7, 11) is 15.0. The van der Waals surface area contributed by atoms with E-state index in [0.717, 1.165) is 0 Å². The van der Waals surface area contributed by atoms with E-state index in [1.165, 1.54) is 0 Å². The topological polar surface area (TPSA) is 0 Å². The zero-order chi connectivity index (χ0) is 12.6. The van der Waals surface area contributed by atoms with Crippen LogP contribution in [-0.4, -0.2) is 0 Å². The molecule has 0 spiro atoms. The quantitative estimate of drug-likeness (QED) is 0.386. The third kappa shape index (κ3) is 835. The van der Waals surface area contributed by atoms with Gasteiger partial charge < -0.3 is 13.8 Å². The summed E-state index contributed by atoms with van der Waals surface area (Å²) in [5.41, 5.74) is 0.500. The van der Waals surface area contributed by atoms with Crippen molar-refractivity contribution in [2.75, 3.05) is 0 Å². The Morgan fingerprint density at radius 3 is 0.714 bits per heavy atom. The molecular weight excluding hydrogens is 319 g/mol. The summed E-state index contributed by atoms with van der Waals surface area (Å²) in [5.74, 6) is 0. The summed E-state index contributed by atoms with van der Waals surface area (Å²) in [6.07, 6.45) is 0. The molecule has 0 N–H and O–H groups in total. The maximum atomic E-state index is 4.99. The molecule has 0 saturated carbocycles. The van der Waals surface area contributed by atoms with Gasteiger partial charge in [-0.05, 0) is 0 Å². The van der Waals surface area contributed by atoms with Gasteiger partial charge in [0.1, 0.15) is 0 Å². The van der Waals surface area contributed by atoms with Gasteiger partial charge in [-0.15, -0.1) is 0 Å². The first-order valence-electron chi connectivity index (χ1n) is 4.21. The molecule has 4 heteroatoms. The van der Waals surface area contributed by atoms with E-state index in [4.69, 9.17) is 27.6 Å². The van der Waals surface area contributed by atoms with Crippen molar-refractivity contribution in [1.82, 2.24) is 0 Å². The predicted molar refractivity (Wildman–Crippen MR) is 67.2 cm³/mol. The van der Waals surface area contributed by atoms with Crippen LogP contribution >= 0.6 is 27.6 Å². The van der Waals surface area contributed by atoms with Crippen LogP contribution in [-0.2, 0) is 15.2 Å². The molecule has 90 valence electrons. The molecule has 0 rings (SSSR count). The van der Waals surface area contributed by atoms with Crippen LogP contribution in [0.2, 0.25) is 0 Å². The molecular formula is C10H22Cl3Nb-2. The van der Waals surface area contributed by atoms with E-state index in [1.807, 2.05) is 0 Å². The number of rotatable bonds is 0. The van der Waals surface area contributed by atoms with E-state index in [-0.39, 0.29) is 10.8 Å². The van der Waals surface area contributed by atoms with Gasteiger partial charge in [-0.1, -0.05) is 41.5 Å². The Labute approximate surface area is 108 Å². The van der Waals surface area contributed by atoms with Gasteiger partial charge in [0.05, 0.1) is 0 Å². The van der Waals surface area contributed by atoms with E-state index in [2.05, 4.69) is 55.4 Å². The number of halogens is 3. The SMILES string of the molecule is [CH2-]C(C)(C)C.[CH2-]C(C)(C)C.[Cl][Nb]([Cl])[Cl]. The predicted octanol–water partition coefficient (Wildman–Crippen LogP) is 5.80. The van der Waals surface area contributed by atoms with Crippen LogP contribution in [0.3, 0.4) is 0 Å². The van der Waals surface area contributed by atoms with Gasteiger partial charge in [-0.2, -0.15) is 10.8 Å². The molecule has 0 saturated heterocycles. The molecule has 0 aliphatic heterocycles. The fourth-order valence-corrected chi connectivity index (χ4v) is 0. The molecule has 0 radical (unpaired) electrons. The second-order valence-corrected chi connectivity index (χ2v) is 15.3. The molecule has 0 fully saturated rings. The van der Waals surface area contributed by atoms with Gasteiger partial charge in [0.2, 0.25) is 0 Å². The molecule has 0 aromatic carbocycles. The Morgan fingerprint density at radius 1 is 0.714 bits per heavy atom. The summed E-state index contributed by atoms with van der Waals surface area (Å²) < 4.78 is 0. The summed E-state index contributed by atoms with van der Waals surface area (Å²) in [6, 6.07) is 0. The fraction of sp³-hybridized carbons (Fsp3) is 0.800. The molecule has 0 aromatic rings. The molecule has 0 unspecified atom stereocenters. The fourth-order valence-electron chi connectivity index (χ4n) is 0. The van der Waals surface area contributed by atoms with Crippen molar-refractivity contribution in [2.24, 2.45) is 10.8 Å². The van der Waals surface area contributed by atoms with Crippen LogP contribution in [0.5, 0.6) is 0 Å². The molecule has 0 heterocycles. The average Bonchev–Trinajstić information content (AvgIpc) is 1.45. The first-order chi connectivity index (χ1) is 5.73. The van der Waals surface area contributed by atoms with Crippen molar-refractivity contribution in [2.45, 2.75) is 41.5 Å². The van der Waals surface area contributed by atoms with E-state index < -0.39 is 15.2 Å². The van der Waals surface area contributed by atoms with Crippen molar-refractivity contribution in [3.05, 3.63) is 13.8 Å². The molecule has 0 atom stereocenters. The Hall–Kier alpha value is 1.61. The van der Waals surface area contributed by atoms with Crippen molar-refractivity contribution in [1.29, 1.82) is 0 Å². The second-order valence-electron chi connectivity index (χ2n) is 5.31. The minimum absolute atomic E-state index is 0.250. The van der Waals surface area contributed by atoms with Gasteiger partial charge in [0.25, 0.3) is 0 Å². The number of hydrogen-bond donors (Lipinski definition) is 0. The third-order valence-corrected chi connectivity index (χ3v) is 0. The normalized spacial score (nSPS) is 11.1. The molecule has 0 nitrogen and oxygen atoms in total. The van der Waals surface area contributed by atoms with E-state index in [1.54, 1.807) is 0 Å². The van der Waals surface area contributed by atoms with Crippen LogP contribution < -0.4 is 0 Å². The number of hydrogen-bond acceptors (Lipinski definition) is 0. The molecule has 14 heavy (non-hydrogen) atoms. The Balaban J connectivity index is -0.000000131. The molecule has 0 aromatic heterocycles. The van der Waals surface area contributed by atoms with Crippen LogP contribution in [0.1, 0.15) is 41.5 Å². The van der Waals surface area contributed by atoms with Gasteiger partial charge >= 0.3 is 42.8 Å². The van der Waals surface area contributed by atoms with Crippen LogP contribution in [0, 0.1) is 24.7 Å². The Kier molecular flexibility index (Phi) is 14.7. The third-order valence-electron chi connectivity index (χ3n) is 0. The van der Waals surface area contributed by atoms with Gasteiger partial charge in [-0.3, -0.25) is 0 Å². The van der Waals surface area contributed by atoms with E-state index in [9.17, 15) is 0 Å². The molecule has 0 aliphatic rings. The first-order valence-corrected chi connectivity index (χ1v) is 12.7. The summed E-state index contributed by atoms with van der Waals surface area (Å²) in [4.78, 5) is 0. The van der Waals surface area contributed by atoms with Crippen LogP contribution in [0.15, 0.2) is 0 Å². The molecule has 0 bridgehead atoms. The standard InChI is InChI=1S/2C5H11.3ClH.Nb/c2*1-5(2,3)4;;;;/h2*1H2,2-4H3;3*1H;/q2*-1;;;;+3/p-3. The second kappa shape index (κ2) is 9.81. The molecule has 0 amide bonds. The van der Waals surface area contributed by atoms with E-state index >= 15 is 0 Å². The summed E-state index contributed by atoms with van der Waals surface area (Å²) in [5, 5.41) is 0. The van der Waals surface area contributed by atoms with Crippen molar-refractivity contribution >= 4 is 27.6 Å².